The van der Waals surface area contributed by atoms with E-state index < -0.39 is 0 Å². The summed E-state index contributed by atoms with van der Waals surface area (Å²) in [7, 11) is 4.42. The average molecular weight is 553 g/mol. The lowest BCUT2D eigenvalue weighted by Gasteiger charge is -2.34. The monoisotopic (exact) mass is 552 g/mol. The van der Waals surface area contributed by atoms with Crippen LogP contribution in [-0.2, 0) is 6.42 Å². The molecule has 3 aliphatic rings. The Labute approximate surface area is 250 Å². The number of likely N-dealkylation sites (tertiary alicyclic amines) is 1. The number of likely N-dealkylation sites (N-methyl/N-ethyl adjacent to an activating group) is 3. The van der Waals surface area contributed by atoms with Crippen LogP contribution in [0.25, 0.3) is 5.57 Å². The summed E-state index contributed by atoms with van der Waals surface area (Å²) in [4.78, 5) is 9.62. The molecule has 220 valence electrons. The third-order valence-corrected chi connectivity index (χ3v) is 8.98. The Morgan fingerprint density at radius 1 is 0.951 bits per heavy atom. The van der Waals surface area contributed by atoms with E-state index in [0.29, 0.717) is 0 Å². The van der Waals surface area contributed by atoms with Crippen molar-refractivity contribution in [2.24, 2.45) is 0 Å². The zero-order chi connectivity index (χ0) is 29.4. The molecule has 0 atom stereocenters. The Kier molecular flexibility index (Phi) is 10.9. The van der Waals surface area contributed by atoms with Crippen LogP contribution in [0.4, 0.5) is 0 Å². The molecule has 4 rings (SSSR count). The number of nitrogens with zero attached hydrogens (tertiary/aromatic N) is 4. The second-order valence-electron chi connectivity index (χ2n) is 11.9. The first-order chi connectivity index (χ1) is 19.8. The maximum atomic E-state index is 4.60. The first-order valence-electron chi connectivity index (χ1n) is 15.7. The second kappa shape index (κ2) is 14.6. The third-order valence-electron chi connectivity index (χ3n) is 8.98. The minimum Gasteiger partial charge on any atom is -0.371 e. The lowest BCUT2D eigenvalue weighted by Crippen LogP contribution is -2.31. The molecular weight excluding hydrogens is 500 g/mol. The number of rotatable bonds is 8. The van der Waals surface area contributed by atoms with Crippen molar-refractivity contribution in [3.63, 3.8) is 0 Å². The number of hydrogen-bond acceptors (Lipinski definition) is 4. The molecule has 0 aliphatic carbocycles. The first kappa shape index (κ1) is 30.7. The minimum atomic E-state index is 0.843. The fourth-order valence-electron chi connectivity index (χ4n) is 6.01. The second-order valence-corrected chi connectivity index (χ2v) is 11.9. The van der Waals surface area contributed by atoms with Gasteiger partial charge in [-0.1, -0.05) is 62.1 Å². The molecule has 41 heavy (non-hydrogen) atoms. The van der Waals surface area contributed by atoms with Crippen LogP contribution in [0, 0.1) is 0 Å². The average Bonchev–Trinajstić information content (AvgIpc) is 3.00. The largest absolute Gasteiger partial charge is 0.371 e. The topological polar surface area (TPSA) is 13.0 Å². The quantitative estimate of drug-likeness (QED) is 0.326. The van der Waals surface area contributed by atoms with Crippen molar-refractivity contribution in [3.8, 4) is 0 Å². The van der Waals surface area contributed by atoms with Gasteiger partial charge in [0.15, 0.2) is 0 Å². The molecule has 3 heterocycles. The SMILES string of the molecule is C=C1/C=C(N(C)/C(Cc2ccc(C3=CCN(C)CC3)cc2)=C(/C)CC)\C=C/CN(CC)C(=C)/C=C\1N1CCCCC1. The smallest absolute Gasteiger partial charge is 0.0455 e. The van der Waals surface area contributed by atoms with Gasteiger partial charge in [-0.05, 0) is 93.5 Å². The van der Waals surface area contributed by atoms with Crippen LogP contribution in [0.2, 0.25) is 0 Å². The number of piperidine rings is 1. The summed E-state index contributed by atoms with van der Waals surface area (Å²) in [6, 6.07) is 9.28. The zero-order valence-electron chi connectivity index (χ0n) is 26.4. The number of benzene rings is 1. The molecule has 4 nitrogen and oxygen atoms in total. The molecule has 4 heteroatoms. The molecule has 0 radical (unpaired) electrons. The highest BCUT2D eigenvalue weighted by Crippen LogP contribution is 2.29. The van der Waals surface area contributed by atoms with Gasteiger partial charge in [-0.2, -0.15) is 0 Å². The van der Waals surface area contributed by atoms with Gasteiger partial charge in [0.25, 0.3) is 0 Å². The van der Waals surface area contributed by atoms with Crippen LogP contribution >= 0.6 is 0 Å². The van der Waals surface area contributed by atoms with Crippen molar-refractivity contribution in [2.75, 3.05) is 53.4 Å². The lowest BCUT2D eigenvalue weighted by atomic mass is 9.96. The first-order valence-corrected chi connectivity index (χ1v) is 15.7. The maximum Gasteiger partial charge on any atom is 0.0455 e. The predicted octanol–water partition coefficient (Wildman–Crippen LogP) is 7.78. The molecule has 0 saturated carbocycles. The van der Waals surface area contributed by atoms with E-state index in [1.807, 2.05) is 0 Å². The van der Waals surface area contributed by atoms with Crippen LogP contribution in [-0.4, -0.2) is 73.0 Å². The minimum absolute atomic E-state index is 0.843. The van der Waals surface area contributed by atoms with Gasteiger partial charge in [-0.25, -0.2) is 0 Å². The Hall–Kier alpha value is -3.24. The van der Waals surface area contributed by atoms with E-state index >= 15 is 0 Å². The van der Waals surface area contributed by atoms with Crippen molar-refractivity contribution in [1.82, 2.24) is 19.6 Å². The fraction of sp³-hybridized carbons (Fsp3) is 0.459. The summed E-state index contributed by atoms with van der Waals surface area (Å²) in [5.74, 6) is 0. The van der Waals surface area contributed by atoms with Gasteiger partial charge in [0, 0.05) is 75.5 Å². The normalized spacial score (nSPS) is 23.2. The molecule has 3 aliphatic heterocycles. The highest BCUT2D eigenvalue weighted by molar-refractivity contribution is 5.66. The molecule has 0 bridgehead atoms. The molecule has 0 unspecified atom stereocenters. The van der Waals surface area contributed by atoms with Crippen LogP contribution < -0.4 is 0 Å². The fourth-order valence-corrected chi connectivity index (χ4v) is 6.01. The van der Waals surface area contributed by atoms with E-state index in [2.05, 4.69) is 122 Å². The van der Waals surface area contributed by atoms with E-state index in [-0.39, 0.29) is 0 Å². The van der Waals surface area contributed by atoms with E-state index in [4.69, 9.17) is 0 Å². The lowest BCUT2D eigenvalue weighted by molar-refractivity contribution is 0.289. The number of hydrogen-bond donors (Lipinski definition) is 0. The van der Waals surface area contributed by atoms with Crippen molar-refractivity contribution < 1.29 is 0 Å². The highest BCUT2D eigenvalue weighted by atomic mass is 15.2. The van der Waals surface area contributed by atoms with Gasteiger partial charge in [-0.3, -0.25) is 0 Å². The number of allylic oxidation sites excluding steroid dienone is 5. The van der Waals surface area contributed by atoms with Gasteiger partial charge < -0.3 is 19.6 Å². The molecule has 1 saturated heterocycles. The molecule has 0 N–H and O–H groups in total. The molecule has 1 fully saturated rings. The Morgan fingerprint density at radius 2 is 1.68 bits per heavy atom. The van der Waals surface area contributed by atoms with E-state index in [1.165, 1.54) is 58.6 Å². The summed E-state index contributed by atoms with van der Waals surface area (Å²) in [6.07, 6.45) is 18.3. The predicted molar refractivity (Wildman–Crippen MR) is 177 cm³/mol. The maximum absolute atomic E-state index is 4.60. The van der Waals surface area contributed by atoms with Crippen molar-refractivity contribution in [1.29, 1.82) is 0 Å². The summed E-state index contributed by atoms with van der Waals surface area (Å²) >= 11 is 0. The standard InChI is InChI=1S/C37H52N4/c1-8-29(3)36(28-32-15-17-33(18-16-32)34-19-24-38(6)25-20-34)39(7)35-14-13-23-40(9-2)31(5)27-37(30(4)26-35)41-21-11-10-12-22-41/h13-19,26-27H,4-5,8-12,20-25,28H2,1-3,6-7H3/b14-13-,35-26+,36-29-,37-27+. The molecule has 1 aromatic rings. The summed E-state index contributed by atoms with van der Waals surface area (Å²) < 4.78 is 0. The van der Waals surface area contributed by atoms with Crippen LogP contribution in [0.3, 0.4) is 0 Å². The van der Waals surface area contributed by atoms with Gasteiger partial charge in [0.1, 0.15) is 0 Å². The molecule has 0 amide bonds. The molecule has 0 spiro atoms. The molecule has 0 aromatic heterocycles. The summed E-state index contributed by atoms with van der Waals surface area (Å²) in [5, 5.41) is 0. The summed E-state index contributed by atoms with van der Waals surface area (Å²) in [5.41, 5.74) is 11.5. The van der Waals surface area contributed by atoms with Crippen molar-refractivity contribution in [2.45, 2.75) is 59.3 Å². The Balaban J connectivity index is 1.62. The Morgan fingerprint density at radius 3 is 2.32 bits per heavy atom. The van der Waals surface area contributed by atoms with Crippen LogP contribution in [0.15, 0.2) is 102 Å². The van der Waals surface area contributed by atoms with Crippen LogP contribution in [0.1, 0.15) is 64.0 Å². The molecular formula is C37H52N4. The van der Waals surface area contributed by atoms with Crippen molar-refractivity contribution in [3.05, 3.63) is 113 Å². The summed E-state index contributed by atoms with van der Waals surface area (Å²) in [6.45, 7) is 21.9. The van der Waals surface area contributed by atoms with E-state index in [1.54, 1.807) is 0 Å². The van der Waals surface area contributed by atoms with E-state index in [9.17, 15) is 0 Å². The third kappa shape index (κ3) is 7.95. The van der Waals surface area contributed by atoms with Crippen molar-refractivity contribution >= 4 is 5.57 Å². The highest BCUT2D eigenvalue weighted by Gasteiger charge is 2.19. The van der Waals surface area contributed by atoms with Crippen LogP contribution in [0.5, 0.6) is 0 Å². The zero-order valence-corrected chi connectivity index (χ0v) is 26.4. The van der Waals surface area contributed by atoms with Gasteiger partial charge in [-0.15, -0.1) is 0 Å². The van der Waals surface area contributed by atoms with E-state index in [0.717, 1.165) is 69.8 Å². The molecule has 1 aromatic carbocycles. The van der Waals surface area contributed by atoms with Gasteiger partial charge in [0.2, 0.25) is 0 Å². The van der Waals surface area contributed by atoms with Gasteiger partial charge >= 0.3 is 0 Å². The Bertz CT molecular complexity index is 1230. The van der Waals surface area contributed by atoms with Gasteiger partial charge in [0.05, 0.1) is 0 Å².